The van der Waals surface area contributed by atoms with Gasteiger partial charge in [0.05, 0.1) is 24.6 Å². The number of aliphatic hydroxyl groups is 4. The molecule has 1 saturated carbocycles. The van der Waals surface area contributed by atoms with Crippen molar-refractivity contribution < 1.29 is 30.3 Å². The lowest BCUT2D eigenvalue weighted by Gasteiger charge is -2.46. The van der Waals surface area contributed by atoms with Crippen LogP contribution >= 0.6 is 0 Å². The second-order valence-electron chi connectivity index (χ2n) is 15.6. The van der Waals surface area contributed by atoms with Crippen molar-refractivity contribution in [3.63, 3.8) is 0 Å². The summed E-state index contributed by atoms with van der Waals surface area (Å²) in [7, 11) is 0. The van der Waals surface area contributed by atoms with E-state index in [1.165, 1.54) is 0 Å². The van der Waals surface area contributed by atoms with E-state index in [0.29, 0.717) is 37.5 Å². The molecule has 52 heavy (non-hydrogen) atoms. The van der Waals surface area contributed by atoms with Crippen molar-refractivity contribution in [3.05, 3.63) is 83.5 Å². The summed E-state index contributed by atoms with van der Waals surface area (Å²) in [5.74, 6) is 6.93. The topological polar surface area (TPSA) is 164 Å². The summed E-state index contributed by atoms with van der Waals surface area (Å²) in [4.78, 5) is 3.51. The predicted octanol–water partition coefficient (Wildman–Crippen LogP) is 5.66. The van der Waals surface area contributed by atoms with Crippen molar-refractivity contribution in [2.45, 2.75) is 120 Å². The Balaban J connectivity index is 1.31. The molecule has 9 unspecified atom stereocenters. The zero-order valence-corrected chi connectivity index (χ0v) is 30.6. The first-order chi connectivity index (χ1) is 25.2. The number of ether oxygens (including phenoxy) is 1. The third-order valence-electron chi connectivity index (χ3n) is 12.3. The molecule has 0 amide bonds. The molecular formula is C43H59N3O6. The number of H-pyrrole nitrogens is 1. The van der Waals surface area contributed by atoms with Crippen LogP contribution in [0, 0.1) is 35.5 Å². The highest BCUT2D eigenvalue weighted by Gasteiger charge is 2.46. The van der Waals surface area contributed by atoms with Gasteiger partial charge in [-0.15, -0.1) is 0 Å². The highest BCUT2D eigenvalue weighted by atomic mass is 16.5. The molecule has 3 aliphatic carbocycles. The molecule has 2 heterocycles. The summed E-state index contributed by atoms with van der Waals surface area (Å²) in [5, 5.41) is 58.8. The van der Waals surface area contributed by atoms with Crippen LogP contribution in [0.25, 0.3) is 0 Å². The third kappa shape index (κ3) is 8.58. The van der Waals surface area contributed by atoms with Crippen LogP contribution in [0.15, 0.2) is 72.2 Å². The number of rotatable bonds is 11. The van der Waals surface area contributed by atoms with Gasteiger partial charge >= 0.3 is 0 Å². The summed E-state index contributed by atoms with van der Waals surface area (Å²) in [5.41, 5.74) is 9.09. The molecule has 4 aliphatic rings. The number of aromatic amines is 1. The predicted molar refractivity (Wildman–Crippen MR) is 203 cm³/mol. The second-order valence-corrected chi connectivity index (χ2v) is 15.6. The van der Waals surface area contributed by atoms with Crippen molar-refractivity contribution in [1.29, 1.82) is 0 Å². The molecule has 282 valence electrons. The SMILES string of the molecule is CCC1C#CC2C=CC(c3ccc(O)c(OC(CC(C4=CCNC(N)=C4)C4(c5ccc[nH]5)CCCCC4)C(O)CO)c3)CC(O)C2C(O)CCCC1. The van der Waals surface area contributed by atoms with Crippen LogP contribution in [0.3, 0.4) is 0 Å². The maximum absolute atomic E-state index is 11.6. The van der Waals surface area contributed by atoms with Gasteiger partial charge in [-0.2, -0.15) is 0 Å². The van der Waals surface area contributed by atoms with E-state index in [1.54, 1.807) is 12.1 Å². The van der Waals surface area contributed by atoms with E-state index in [-0.39, 0.29) is 34.7 Å². The molecular weight excluding hydrogens is 654 g/mol. The molecule has 1 fully saturated rings. The molecule has 1 aliphatic heterocycles. The summed E-state index contributed by atoms with van der Waals surface area (Å²) < 4.78 is 6.57. The first-order valence-electron chi connectivity index (χ1n) is 19.6. The average Bonchev–Trinajstić information content (AvgIpc) is 3.65. The van der Waals surface area contributed by atoms with E-state index >= 15 is 0 Å². The number of benzene rings is 1. The maximum atomic E-state index is 11.6. The van der Waals surface area contributed by atoms with Crippen molar-refractivity contribution in [2.75, 3.05) is 13.2 Å². The number of phenols is 1. The maximum Gasteiger partial charge on any atom is 0.161 e. The zero-order valence-electron chi connectivity index (χ0n) is 30.6. The minimum absolute atomic E-state index is 0.0726. The lowest BCUT2D eigenvalue weighted by atomic mass is 9.60. The Kier molecular flexibility index (Phi) is 12.8. The van der Waals surface area contributed by atoms with Crippen molar-refractivity contribution in [3.8, 4) is 23.3 Å². The molecule has 9 N–H and O–H groups in total. The largest absolute Gasteiger partial charge is 0.504 e. The van der Waals surface area contributed by atoms with E-state index in [9.17, 15) is 25.5 Å². The number of hydrogen-bond donors (Lipinski definition) is 8. The Morgan fingerprint density at radius 1 is 1.02 bits per heavy atom. The molecule has 9 nitrogen and oxygen atoms in total. The molecule has 0 radical (unpaired) electrons. The van der Waals surface area contributed by atoms with E-state index in [1.807, 2.05) is 30.5 Å². The van der Waals surface area contributed by atoms with Crippen LogP contribution in [0.4, 0.5) is 0 Å². The van der Waals surface area contributed by atoms with Crippen LogP contribution in [-0.2, 0) is 5.41 Å². The number of aromatic hydroxyl groups is 1. The minimum Gasteiger partial charge on any atom is -0.504 e. The van der Waals surface area contributed by atoms with E-state index in [4.69, 9.17) is 10.5 Å². The van der Waals surface area contributed by atoms with Crippen LogP contribution in [-0.4, -0.2) is 68.1 Å². The van der Waals surface area contributed by atoms with Gasteiger partial charge < -0.3 is 46.3 Å². The lowest BCUT2D eigenvalue weighted by molar-refractivity contribution is -0.0173. The molecule has 6 rings (SSSR count). The lowest BCUT2D eigenvalue weighted by Crippen LogP contribution is -2.45. The molecule has 2 aromatic rings. The molecule has 1 aromatic carbocycles. The van der Waals surface area contributed by atoms with Gasteiger partial charge in [0.2, 0.25) is 0 Å². The highest BCUT2D eigenvalue weighted by molar-refractivity contribution is 5.45. The Bertz CT molecular complexity index is 1620. The molecule has 9 atom stereocenters. The first-order valence-corrected chi connectivity index (χ1v) is 19.6. The van der Waals surface area contributed by atoms with E-state index < -0.39 is 36.9 Å². The Hall–Kier alpha value is -3.68. The summed E-state index contributed by atoms with van der Waals surface area (Å²) >= 11 is 0. The van der Waals surface area contributed by atoms with Crippen molar-refractivity contribution >= 4 is 0 Å². The normalized spacial score (nSPS) is 29.4. The fourth-order valence-electron chi connectivity index (χ4n) is 9.31. The monoisotopic (exact) mass is 713 g/mol. The quantitative estimate of drug-likeness (QED) is 0.109. The Morgan fingerprint density at radius 2 is 1.83 bits per heavy atom. The standard InChI is InChI=1S/C43H59N3O6/c1-2-28-9-4-5-10-35(49)42-29(13-12-28)14-15-30(23-36(42)50)31-16-17-34(48)38(24-31)52-39(37(51)27-47)26-33(32-18-22-46-41(44)25-32)43(19-6-3-7-20-43)40-11-8-21-45-40/h8,11,14-18,21,24-25,28-30,33,35-37,39,42,45-51H,2-7,9-10,19-20,22-23,26-27,44H2,1H3. The number of hydrogen-bond acceptors (Lipinski definition) is 8. The summed E-state index contributed by atoms with van der Waals surface area (Å²) in [6, 6.07) is 9.38. The number of nitrogens with one attached hydrogen (secondary N) is 2. The molecule has 0 saturated heterocycles. The van der Waals surface area contributed by atoms with Crippen LogP contribution < -0.4 is 15.8 Å². The smallest absolute Gasteiger partial charge is 0.161 e. The van der Waals surface area contributed by atoms with Gasteiger partial charge in [-0.1, -0.05) is 75.2 Å². The number of aliphatic hydroxyl groups excluding tert-OH is 4. The summed E-state index contributed by atoms with van der Waals surface area (Å²) in [6.45, 7) is 2.25. The van der Waals surface area contributed by atoms with Gasteiger partial charge in [0, 0.05) is 47.5 Å². The van der Waals surface area contributed by atoms with Gasteiger partial charge in [0.1, 0.15) is 12.2 Å². The zero-order chi connectivity index (χ0) is 36.7. The van der Waals surface area contributed by atoms with Crippen molar-refractivity contribution in [2.24, 2.45) is 29.4 Å². The molecule has 1 aromatic heterocycles. The van der Waals surface area contributed by atoms with Gasteiger partial charge in [-0.25, -0.2) is 0 Å². The summed E-state index contributed by atoms with van der Waals surface area (Å²) in [6.07, 6.45) is 17.2. The minimum atomic E-state index is -1.21. The number of phenolic OH excluding ortho intramolecular Hbond substituents is 1. The number of dihydropyridines is 1. The second kappa shape index (κ2) is 17.4. The van der Waals surface area contributed by atoms with Crippen LogP contribution in [0.2, 0.25) is 0 Å². The van der Waals surface area contributed by atoms with Gasteiger partial charge in [0.25, 0.3) is 0 Å². The van der Waals surface area contributed by atoms with Crippen LogP contribution in [0.5, 0.6) is 11.5 Å². The fourth-order valence-corrected chi connectivity index (χ4v) is 9.31. The van der Waals surface area contributed by atoms with E-state index in [2.05, 4.69) is 47.3 Å². The number of nitrogens with two attached hydrogens (primary N) is 1. The van der Waals surface area contributed by atoms with Gasteiger partial charge in [-0.3, -0.25) is 0 Å². The van der Waals surface area contributed by atoms with Crippen LogP contribution in [0.1, 0.15) is 101 Å². The van der Waals surface area contributed by atoms with Crippen molar-refractivity contribution in [1.82, 2.24) is 10.3 Å². The number of aromatic nitrogens is 1. The van der Waals surface area contributed by atoms with Gasteiger partial charge in [-0.05, 0) is 92.3 Å². The van der Waals surface area contributed by atoms with E-state index in [0.717, 1.165) is 74.6 Å². The molecule has 9 heteroatoms. The average molecular weight is 714 g/mol. The fraction of sp³-hybridized carbons (Fsp3) is 0.581. The number of fused-ring (bicyclic) bond motifs is 1. The molecule has 0 spiro atoms. The highest BCUT2D eigenvalue weighted by Crippen LogP contribution is 2.50. The molecule has 0 bridgehead atoms. The Morgan fingerprint density at radius 3 is 2.56 bits per heavy atom. The third-order valence-corrected chi connectivity index (χ3v) is 12.3. The first kappa shape index (κ1) is 38.1. The van der Waals surface area contributed by atoms with Gasteiger partial charge in [0.15, 0.2) is 11.5 Å². The number of allylic oxidation sites excluding steroid dienone is 4. The Labute approximate surface area is 309 Å².